The van der Waals surface area contributed by atoms with E-state index in [0.29, 0.717) is 13.0 Å². The lowest BCUT2D eigenvalue weighted by atomic mass is 9.86. The Bertz CT molecular complexity index is 1210. The van der Waals surface area contributed by atoms with E-state index in [4.69, 9.17) is 18.7 Å². The van der Waals surface area contributed by atoms with Gasteiger partial charge in [-0.25, -0.2) is 9.88 Å². The Morgan fingerprint density at radius 3 is 2.69 bits per heavy atom. The molecule has 1 aromatic heterocycles. The zero-order valence-corrected chi connectivity index (χ0v) is 20.0. The van der Waals surface area contributed by atoms with E-state index in [1.54, 1.807) is 18.2 Å². The molecule has 4 rings (SSSR count). The normalized spacial score (nSPS) is 27.1. The standard InChI is InChI=1S/C21H26N3O10P/c1-12(18(27)30-2)23-35(29)34-14-6-4-3-5-13(14)31-11-15-17(26)21(8-10-32-21)19(33-15)24-9-7-16(25)22-20(24)28/h3-7,9,12,15,17,19,26,35H,8,10-11H2,1-2H3,(H,23,29)(H,22,25,28)/t12-,15+,17+,19+,21-/m0/s1. The van der Waals surface area contributed by atoms with Gasteiger partial charge in [-0.2, -0.15) is 0 Å². The fraction of sp³-hybridized carbons (Fsp3) is 0.476. The molecule has 14 heteroatoms. The number of methoxy groups -OCH3 is 1. The number of hydrogen-bond donors (Lipinski definition) is 3. The predicted octanol–water partition coefficient (Wildman–Crippen LogP) is -0.0474. The highest BCUT2D eigenvalue weighted by Crippen LogP contribution is 2.48. The molecule has 0 bridgehead atoms. The lowest BCUT2D eigenvalue weighted by molar-refractivity contribution is -0.227. The number of esters is 1. The van der Waals surface area contributed by atoms with Crippen LogP contribution < -0.4 is 25.6 Å². The summed E-state index contributed by atoms with van der Waals surface area (Å²) in [5.74, 6) is -0.217. The van der Waals surface area contributed by atoms with Crippen molar-refractivity contribution in [1.82, 2.24) is 14.6 Å². The number of H-pyrrole nitrogens is 1. The number of para-hydroxylation sites is 2. The number of aromatic nitrogens is 2. The summed E-state index contributed by atoms with van der Waals surface area (Å²) < 4.78 is 41.0. The number of ether oxygens (including phenoxy) is 4. The fourth-order valence-corrected chi connectivity index (χ4v) is 4.89. The zero-order chi connectivity index (χ0) is 25.2. The van der Waals surface area contributed by atoms with E-state index >= 15 is 0 Å². The summed E-state index contributed by atoms with van der Waals surface area (Å²) in [5.41, 5.74) is -2.41. The Labute approximate surface area is 199 Å². The van der Waals surface area contributed by atoms with E-state index in [0.717, 1.165) is 0 Å². The van der Waals surface area contributed by atoms with Gasteiger partial charge in [0.2, 0.25) is 0 Å². The smallest absolute Gasteiger partial charge is 0.330 e. The average molecular weight is 511 g/mol. The summed E-state index contributed by atoms with van der Waals surface area (Å²) in [6.45, 7) is 1.72. The van der Waals surface area contributed by atoms with Gasteiger partial charge in [-0.1, -0.05) is 12.1 Å². The van der Waals surface area contributed by atoms with Gasteiger partial charge in [0.1, 0.15) is 30.5 Å². The first-order valence-corrected chi connectivity index (χ1v) is 12.1. The highest BCUT2D eigenvalue weighted by molar-refractivity contribution is 7.37. The van der Waals surface area contributed by atoms with Crippen molar-refractivity contribution < 1.29 is 37.9 Å². The molecule has 2 aliphatic rings. The van der Waals surface area contributed by atoms with Gasteiger partial charge >= 0.3 is 19.8 Å². The molecule has 2 aliphatic heterocycles. The van der Waals surface area contributed by atoms with Gasteiger partial charge in [0.25, 0.3) is 5.56 Å². The van der Waals surface area contributed by atoms with Crippen LogP contribution in [-0.4, -0.2) is 64.8 Å². The molecule has 1 unspecified atom stereocenters. The molecule has 1 spiro atoms. The van der Waals surface area contributed by atoms with Crippen LogP contribution in [0.15, 0.2) is 46.1 Å². The molecule has 2 saturated heterocycles. The largest absolute Gasteiger partial charge is 0.487 e. The summed E-state index contributed by atoms with van der Waals surface area (Å²) in [7, 11) is -1.66. The topological polar surface area (TPSA) is 167 Å². The van der Waals surface area contributed by atoms with Gasteiger partial charge in [0.05, 0.1) is 13.7 Å². The minimum Gasteiger partial charge on any atom is -0.487 e. The first-order chi connectivity index (χ1) is 16.7. The molecule has 2 aromatic rings. The number of aromatic amines is 1. The molecule has 0 amide bonds. The molecule has 2 fully saturated rings. The Hall–Kier alpha value is -2.96. The minimum absolute atomic E-state index is 0.145. The van der Waals surface area contributed by atoms with Gasteiger partial charge in [0.15, 0.2) is 17.7 Å². The van der Waals surface area contributed by atoms with Crippen molar-refractivity contribution in [1.29, 1.82) is 0 Å². The first kappa shape index (κ1) is 25.1. The molecule has 35 heavy (non-hydrogen) atoms. The lowest BCUT2D eigenvalue weighted by Gasteiger charge is -2.44. The Balaban J connectivity index is 1.45. The second kappa shape index (κ2) is 10.3. The number of nitrogens with one attached hydrogen (secondary N) is 2. The van der Waals surface area contributed by atoms with E-state index in [2.05, 4.69) is 14.8 Å². The zero-order valence-electron chi connectivity index (χ0n) is 19.0. The van der Waals surface area contributed by atoms with E-state index < -0.39 is 55.5 Å². The number of carbonyl (C=O) groups excluding carboxylic acids is 1. The molecule has 6 atom stereocenters. The van der Waals surface area contributed by atoms with Crippen molar-refractivity contribution in [2.75, 3.05) is 20.3 Å². The summed E-state index contributed by atoms with van der Waals surface area (Å²) in [4.78, 5) is 37.4. The average Bonchev–Trinajstić information content (AvgIpc) is 3.10. The van der Waals surface area contributed by atoms with Gasteiger partial charge in [-0.05, 0) is 19.1 Å². The predicted molar refractivity (Wildman–Crippen MR) is 121 cm³/mol. The van der Waals surface area contributed by atoms with E-state index in [-0.39, 0.29) is 18.1 Å². The van der Waals surface area contributed by atoms with Crippen LogP contribution >= 0.6 is 8.18 Å². The second-order valence-electron chi connectivity index (χ2n) is 8.08. The number of benzene rings is 1. The van der Waals surface area contributed by atoms with Crippen molar-refractivity contribution in [2.45, 2.75) is 43.4 Å². The maximum atomic E-state index is 12.3. The van der Waals surface area contributed by atoms with Gasteiger partial charge in [-0.3, -0.25) is 23.7 Å². The van der Waals surface area contributed by atoms with Crippen LogP contribution in [0, 0.1) is 0 Å². The van der Waals surface area contributed by atoms with Crippen LogP contribution in [0.4, 0.5) is 0 Å². The quantitative estimate of drug-likeness (QED) is 0.305. The molecule has 3 heterocycles. The highest BCUT2D eigenvalue weighted by atomic mass is 31.1. The molecule has 3 N–H and O–H groups in total. The SMILES string of the molecule is COC(=O)[C@H](C)N[PH](=O)Oc1ccccc1OC[C@H]1O[C@@H](n2ccc(=O)[nH]c2=O)[C@]2(CCO2)[C@@H]1O. The Morgan fingerprint density at radius 2 is 2.06 bits per heavy atom. The fourth-order valence-electron chi connectivity index (χ4n) is 3.99. The molecule has 190 valence electrons. The summed E-state index contributed by atoms with van der Waals surface area (Å²) in [6.07, 6.45) is -1.27. The van der Waals surface area contributed by atoms with Gasteiger partial charge in [0, 0.05) is 18.7 Å². The first-order valence-electron chi connectivity index (χ1n) is 10.8. The molecular formula is C21H26N3O10P. The van der Waals surface area contributed by atoms with E-state index in [1.807, 2.05) is 0 Å². The number of nitrogens with zero attached hydrogens (tertiary/aromatic N) is 1. The molecule has 1 aromatic carbocycles. The maximum Gasteiger partial charge on any atom is 0.330 e. The van der Waals surface area contributed by atoms with Crippen molar-refractivity contribution in [3.63, 3.8) is 0 Å². The van der Waals surface area contributed by atoms with Crippen LogP contribution in [0.5, 0.6) is 11.5 Å². The molecule has 13 nitrogen and oxygen atoms in total. The Morgan fingerprint density at radius 1 is 1.34 bits per heavy atom. The molecule has 0 saturated carbocycles. The molecular weight excluding hydrogens is 485 g/mol. The van der Waals surface area contributed by atoms with Gasteiger partial charge in [-0.15, -0.1) is 0 Å². The van der Waals surface area contributed by atoms with Crippen molar-refractivity contribution in [3.05, 3.63) is 57.4 Å². The number of hydrogen-bond acceptors (Lipinski definition) is 10. The van der Waals surface area contributed by atoms with E-state index in [9.17, 15) is 24.1 Å². The third kappa shape index (κ3) is 5.04. The summed E-state index contributed by atoms with van der Waals surface area (Å²) in [6, 6.07) is 6.78. The molecule has 0 radical (unpaired) electrons. The van der Waals surface area contributed by atoms with Crippen molar-refractivity contribution in [2.24, 2.45) is 0 Å². The van der Waals surface area contributed by atoms with Crippen LogP contribution in [0.3, 0.4) is 0 Å². The summed E-state index contributed by atoms with van der Waals surface area (Å²) in [5, 5.41) is 13.5. The van der Waals surface area contributed by atoms with Crippen LogP contribution in [-0.2, 0) is 23.6 Å². The number of rotatable bonds is 9. The van der Waals surface area contributed by atoms with Crippen LogP contribution in [0.2, 0.25) is 0 Å². The highest BCUT2D eigenvalue weighted by Gasteiger charge is 2.62. The number of aliphatic hydroxyl groups is 1. The van der Waals surface area contributed by atoms with Crippen LogP contribution in [0.1, 0.15) is 19.6 Å². The number of aliphatic hydroxyl groups excluding tert-OH is 1. The third-order valence-corrected chi connectivity index (χ3v) is 6.96. The van der Waals surface area contributed by atoms with Gasteiger partial charge < -0.3 is 28.6 Å². The van der Waals surface area contributed by atoms with E-state index in [1.165, 1.54) is 36.9 Å². The minimum atomic E-state index is -2.88. The lowest BCUT2D eigenvalue weighted by Crippen LogP contribution is -2.57. The molecule has 0 aliphatic carbocycles. The number of carbonyl (C=O) groups is 1. The van der Waals surface area contributed by atoms with Crippen LogP contribution in [0.25, 0.3) is 0 Å². The Kier molecular flexibility index (Phi) is 7.43. The second-order valence-corrected chi connectivity index (χ2v) is 9.15. The third-order valence-electron chi connectivity index (χ3n) is 5.89. The summed E-state index contributed by atoms with van der Waals surface area (Å²) >= 11 is 0. The van der Waals surface area contributed by atoms with Crippen molar-refractivity contribution >= 4 is 14.1 Å². The van der Waals surface area contributed by atoms with Crippen molar-refractivity contribution in [3.8, 4) is 11.5 Å². The maximum absolute atomic E-state index is 12.3. The monoisotopic (exact) mass is 511 g/mol.